The molecule has 10 nitrogen and oxygen atoms in total. The number of imidazole rings is 1. The number of nitrogens with zero attached hydrogens (tertiary/aromatic N) is 5. The van der Waals surface area contributed by atoms with Crippen LogP contribution in [0.25, 0.3) is 11.0 Å². The zero-order valence-corrected chi connectivity index (χ0v) is 25.9. The second-order valence-corrected chi connectivity index (χ2v) is 11.9. The fourth-order valence-corrected chi connectivity index (χ4v) is 5.91. The number of halogens is 1. The Morgan fingerprint density at radius 2 is 1.80 bits per heavy atom. The summed E-state index contributed by atoms with van der Waals surface area (Å²) in [5.41, 5.74) is 3.89. The number of carbonyl (C=O) groups is 2. The number of amides is 1. The van der Waals surface area contributed by atoms with Crippen molar-refractivity contribution in [3.05, 3.63) is 88.6 Å². The van der Waals surface area contributed by atoms with E-state index in [2.05, 4.69) is 9.47 Å². The highest BCUT2D eigenvalue weighted by Gasteiger charge is 2.26. The lowest BCUT2D eigenvalue weighted by Gasteiger charge is -2.32. The molecule has 0 spiro atoms. The van der Waals surface area contributed by atoms with Crippen molar-refractivity contribution >= 4 is 22.9 Å². The van der Waals surface area contributed by atoms with E-state index in [0.717, 1.165) is 61.5 Å². The average Bonchev–Trinajstić information content (AvgIpc) is 3.37. The minimum atomic E-state index is -0.483. The summed E-state index contributed by atoms with van der Waals surface area (Å²) in [6.07, 6.45) is 3.03. The SMILES string of the molecule is COC(=O)c1ccc2nc(CN3CCC(c4cccc(OCc5ccc(C(=O)N(C)C)cc5F)n4)CC3)n(C[C@@H]3CCO3)c2c1. The van der Waals surface area contributed by atoms with Gasteiger partial charge in [-0.05, 0) is 68.8 Å². The molecule has 2 aliphatic rings. The summed E-state index contributed by atoms with van der Waals surface area (Å²) in [6.45, 7) is 3.96. The molecule has 45 heavy (non-hydrogen) atoms. The van der Waals surface area contributed by atoms with Gasteiger partial charge in [0.05, 0.1) is 42.9 Å². The molecule has 1 amide bonds. The Kier molecular flexibility index (Phi) is 9.09. The predicted octanol–water partition coefficient (Wildman–Crippen LogP) is 4.81. The van der Waals surface area contributed by atoms with E-state index in [9.17, 15) is 14.0 Å². The van der Waals surface area contributed by atoms with Gasteiger partial charge in [0.2, 0.25) is 5.88 Å². The third-order valence-electron chi connectivity index (χ3n) is 8.63. The van der Waals surface area contributed by atoms with Crippen molar-refractivity contribution in [2.75, 3.05) is 40.9 Å². The van der Waals surface area contributed by atoms with Crippen LogP contribution in [0.2, 0.25) is 0 Å². The van der Waals surface area contributed by atoms with Crippen LogP contribution in [0.1, 0.15) is 63.0 Å². The summed E-state index contributed by atoms with van der Waals surface area (Å²) in [6, 6.07) is 15.7. The molecule has 236 valence electrons. The number of carbonyl (C=O) groups excluding carboxylic acids is 2. The van der Waals surface area contributed by atoms with Crippen LogP contribution >= 0.6 is 0 Å². The Morgan fingerprint density at radius 1 is 1.02 bits per heavy atom. The maximum absolute atomic E-state index is 14.7. The highest BCUT2D eigenvalue weighted by molar-refractivity contribution is 5.94. The summed E-state index contributed by atoms with van der Waals surface area (Å²) in [7, 11) is 4.65. The lowest BCUT2D eigenvalue weighted by Crippen LogP contribution is -2.35. The molecule has 2 aliphatic heterocycles. The molecule has 0 unspecified atom stereocenters. The molecule has 0 radical (unpaired) electrons. The van der Waals surface area contributed by atoms with Gasteiger partial charge in [-0.25, -0.2) is 19.2 Å². The molecule has 1 atom stereocenters. The maximum Gasteiger partial charge on any atom is 0.337 e. The van der Waals surface area contributed by atoms with E-state index in [1.165, 1.54) is 18.1 Å². The summed E-state index contributed by atoms with van der Waals surface area (Å²) in [5, 5.41) is 0. The first-order chi connectivity index (χ1) is 21.8. The van der Waals surface area contributed by atoms with Crippen molar-refractivity contribution in [1.29, 1.82) is 0 Å². The molecule has 0 saturated carbocycles. The number of ether oxygens (including phenoxy) is 3. The van der Waals surface area contributed by atoms with E-state index in [-0.39, 0.29) is 30.5 Å². The van der Waals surface area contributed by atoms with Gasteiger partial charge >= 0.3 is 5.97 Å². The van der Waals surface area contributed by atoms with Crippen LogP contribution in [0.5, 0.6) is 5.88 Å². The van der Waals surface area contributed by atoms with Crippen LogP contribution in [0, 0.1) is 5.82 Å². The van der Waals surface area contributed by atoms with Gasteiger partial charge in [-0.3, -0.25) is 9.69 Å². The minimum Gasteiger partial charge on any atom is -0.473 e. The van der Waals surface area contributed by atoms with E-state index in [4.69, 9.17) is 24.2 Å². The molecule has 6 rings (SSSR count). The molecule has 2 fully saturated rings. The van der Waals surface area contributed by atoms with Gasteiger partial charge in [-0.1, -0.05) is 12.1 Å². The standard InChI is InChI=1S/C34H38FN5O5/c1-38(2)33(41)23-7-8-25(27(35)17-23)21-45-32-6-4-5-28(37-32)22-11-14-39(15-12-22)20-31-36-29-10-9-24(34(42)43-3)18-30(29)40(31)19-26-13-16-44-26/h4-10,17-18,22,26H,11-16,19-21H2,1-3H3/t26-/m0/s1. The van der Waals surface area contributed by atoms with Gasteiger partial charge in [-0.15, -0.1) is 0 Å². The number of likely N-dealkylation sites (tertiary alicyclic amines) is 1. The summed E-state index contributed by atoms with van der Waals surface area (Å²) in [5.74, 6) is 0.585. The van der Waals surface area contributed by atoms with Crippen LogP contribution in [-0.2, 0) is 29.2 Å². The normalized spacial score (nSPS) is 17.2. The van der Waals surface area contributed by atoms with Gasteiger partial charge in [0.1, 0.15) is 18.2 Å². The molecule has 0 aliphatic carbocycles. The third-order valence-corrected chi connectivity index (χ3v) is 8.63. The van der Waals surface area contributed by atoms with Crippen LogP contribution in [0.4, 0.5) is 4.39 Å². The number of benzene rings is 2. The van der Waals surface area contributed by atoms with E-state index in [0.29, 0.717) is 35.7 Å². The predicted molar refractivity (Wildman–Crippen MR) is 166 cm³/mol. The average molecular weight is 616 g/mol. The molecule has 4 aromatic rings. The monoisotopic (exact) mass is 615 g/mol. The van der Waals surface area contributed by atoms with Crippen LogP contribution in [-0.4, -0.2) is 83.2 Å². The van der Waals surface area contributed by atoms with E-state index in [1.807, 2.05) is 24.3 Å². The molecule has 2 aromatic heterocycles. The maximum atomic E-state index is 14.7. The number of hydrogen-bond donors (Lipinski definition) is 0. The van der Waals surface area contributed by atoms with Crippen molar-refractivity contribution in [2.45, 2.75) is 51.0 Å². The Morgan fingerprint density at radius 3 is 2.49 bits per heavy atom. The Labute approximate surface area is 261 Å². The number of methoxy groups -OCH3 is 1. The zero-order chi connectivity index (χ0) is 31.5. The zero-order valence-electron chi connectivity index (χ0n) is 25.9. The second-order valence-electron chi connectivity index (χ2n) is 11.9. The molecule has 0 bridgehead atoms. The Bertz CT molecular complexity index is 1690. The largest absolute Gasteiger partial charge is 0.473 e. The lowest BCUT2D eigenvalue weighted by atomic mass is 9.93. The number of hydrogen-bond acceptors (Lipinski definition) is 8. The van der Waals surface area contributed by atoms with Crippen LogP contribution in [0.3, 0.4) is 0 Å². The minimum absolute atomic E-state index is 0.0190. The molecular weight excluding hydrogens is 577 g/mol. The smallest absolute Gasteiger partial charge is 0.337 e. The lowest BCUT2D eigenvalue weighted by molar-refractivity contribution is -0.0592. The van der Waals surface area contributed by atoms with Gasteiger partial charge in [0, 0.05) is 49.5 Å². The molecule has 11 heteroatoms. The van der Waals surface area contributed by atoms with Crippen molar-refractivity contribution in [3.63, 3.8) is 0 Å². The number of aromatic nitrogens is 3. The number of rotatable bonds is 10. The first kappa shape index (κ1) is 30.7. The van der Waals surface area contributed by atoms with Crippen molar-refractivity contribution in [1.82, 2.24) is 24.3 Å². The highest BCUT2D eigenvalue weighted by Crippen LogP contribution is 2.30. The van der Waals surface area contributed by atoms with Crippen molar-refractivity contribution in [3.8, 4) is 5.88 Å². The van der Waals surface area contributed by atoms with Gasteiger partial charge < -0.3 is 23.7 Å². The Hall–Kier alpha value is -4.35. The molecule has 0 N–H and O–H groups in total. The van der Waals surface area contributed by atoms with Crippen LogP contribution < -0.4 is 4.74 Å². The molecule has 2 saturated heterocycles. The summed E-state index contributed by atoms with van der Waals surface area (Å²) in [4.78, 5) is 37.8. The van der Waals surface area contributed by atoms with Gasteiger partial charge in [0.25, 0.3) is 5.91 Å². The van der Waals surface area contributed by atoms with Crippen molar-refractivity contribution < 1.29 is 28.2 Å². The number of fused-ring (bicyclic) bond motifs is 1. The van der Waals surface area contributed by atoms with E-state index in [1.54, 1.807) is 38.4 Å². The third kappa shape index (κ3) is 6.84. The van der Waals surface area contributed by atoms with Crippen LogP contribution in [0.15, 0.2) is 54.6 Å². The summed E-state index contributed by atoms with van der Waals surface area (Å²) >= 11 is 0. The first-order valence-corrected chi connectivity index (χ1v) is 15.3. The second kappa shape index (κ2) is 13.3. The summed E-state index contributed by atoms with van der Waals surface area (Å²) < 4.78 is 33.4. The number of piperidine rings is 1. The van der Waals surface area contributed by atoms with E-state index >= 15 is 0 Å². The molecule has 4 heterocycles. The number of esters is 1. The van der Waals surface area contributed by atoms with Gasteiger partial charge in [0.15, 0.2) is 0 Å². The Balaban J connectivity index is 1.09. The fraction of sp³-hybridized carbons (Fsp3) is 0.412. The fourth-order valence-electron chi connectivity index (χ4n) is 5.91. The number of pyridine rings is 1. The first-order valence-electron chi connectivity index (χ1n) is 15.3. The molecule has 2 aromatic carbocycles. The quantitative estimate of drug-likeness (QED) is 0.235. The van der Waals surface area contributed by atoms with Crippen molar-refractivity contribution in [2.24, 2.45) is 0 Å². The highest BCUT2D eigenvalue weighted by atomic mass is 19.1. The van der Waals surface area contributed by atoms with Gasteiger partial charge in [-0.2, -0.15) is 0 Å². The van der Waals surface area contributed by atoms with E-state index < -0.39 is 5.82 Å². The molecular formula is C34H38FN5O5. The topological polar surface area (TPSA) is 99.0 Å².